The Bertz CT molecular complexity index is 511. The number of ether oxygens (including phenoxy) is 1. The van der Waals surface area contributed by atoms with E-state index in [-0.39, 0.29) is 12.1 Å². The van der Waals surface area contributed by atoms with Gasteiger partial charge in [0.1, 0.15) is 0 Å². The second kappa shape index (κ2) is 8.06. The normalized spacial score (nSPS) is 27.5. The lowest BCUT2D eigenvalue weighted by Gasteiger charge is -2.33. The van der Waals surface area contributed by atoms with Crippen molar-refractivity contribution < 1.29 is 9.84 Å². The van der Waals surface area contributed by atoms with Gasteiger partial charge in [0.05, 0.1) is 19.3 Å². The molecule has 0 aliphatic carbocycles. The summed E-state index contributed by atoms with van der Waals surface area (Å²) in [6.07, 6.45) is 3.09. The zero-order valence-electron chi connectivity index (χ0n) is 14.0. The van der Waals surface area contributed by atoms with Crippen LogP contribution in [0.2, 0.25) is 0 Å². The van der Waals surface area contributed by atoms with Crippen molar-refractivity contribution in [2.24, 2.45) is 0 Å². The van der Waals surface area contributed by atoms with Crippen molar-refractivity contribution in [1.82, 2.24) is 9.80 Å². The fourth-order valence-electron chi connectivity index (χ4n) is 3.66. The lowest BCUT2D eigenvalue weighted by atomic mass is 10.0. The van der Waals surface area contributed by atoms with Crippen LogP contribution < -0.4 is 0 Å². The maximum absolute atomic E-state index is 10.5. The van der Waals surface area contributed by atoms with Crippen LogP contribution >= 0.6 is 0 Å². The van der Waals surface area contributed by atoms with Gasteiger partial charge in [0.2, 0.25) is 0 Å². The summed E-state index contributed by atoms with van der Waals surface area (Å²) in [6.45, 7) is 8.24. The summed E-state index contributed by atoms with van der Waals surface area (Å²) in [5.74, 6) is 0. The summed E-state index contributed by atoms with van der Waals surface area (Å²) in [5, 5.41) is 10.5. The quantitative estimate of drug-likeness (QED) is 0.899. The molecule has 2 aliphatic heterocycles. The number of aliphatic hydroxyl groups excluding tert-OH is 1. The van der Waals surface area contributed by atoms with E-state index in [1.165, 1.54) is 11.1 Å². The highest BCUT2D eigenvalue weighted by atomic mass is 16.5. The minimum Gasteiger partial charge on any atom is -0.390 e. The van der Waals surface area contributed by atoms with Gasteiger partial charge in [-0.1, -0.05) is 43.3 Å². The Labute approximate surface area is 139 Å². The molecule has 1 aromatic carbocycles. The number of likely N-dealkylation sites (tertiary alicyclic amines) is 1. The molecule has 23 heavy (non-hydrogen) atoms. The fourth-order valence-corrected chi connectivity index (χ4v) is 3.66. The van der Waals surface area contributed by atoms with E-state index >= 15 is 0 Å². The first kappa shape index (κ1) is 16.7. The third-order valence-corrected chi connectivity index (χ3v) is 4.84. The van der Waals surface area contributed by atoms with Crippen molar-refractivity contribution in [3.05, 3.63) is 42.0 Å². The molecule has 2 atom stereocenters. The van der Waals surface area contributed by atoms with Crippen LogP contribution in [0.4, 0.5) is 0 Å². The van der Waals surface area contributed by atoms with Gasteiger partial charge in [0.15, 0.2) is 0 Å². The highest BCUT2D eigenvalue weighted by molar-refractivity contribution is 5.66. The molecule has 4 nitrogen and oxygen atoms in total. The van der Waals surface area contributed by atoms with Crippen molar-refractivity contribution in [2.75, 3.05) is 45.9 Å². The van der Waals surface area contributed by atoms with E-state index in [1.807, 2.05) is 0 Å². The summed E-state index contributed by atoms with van der Waals surface area (Å²) >= 11 is 0. The summed E-state index contributed by atoms with van der Waals surface area (Å²) in [5.41, 5.74) is 2.65. The third kappa shape index (κ3) is 4.21. The van der Waals surface area contributed by atoms with Crippen LogP contribution in [0.25, 0.3) is 5.57 Å². The Kier molecular flexibility index (Phi) is 5.84. The lowest BCUT2D eigenvalue weighted by molar-refractivity contribution is -0.00613. The molecule has 0 saturated carbocycles. The molecule has 4 heteroatoms. The number of benzene rings is 1. The molecule has 0 aromatic heterocycles. The van der Waals surface area contributed by atoms with E-state index in [1.54, 1.807) is 0 Å². The first-order valence-corrected chi connectivity index (χ1v) is 8.74. The summed E-state index contributed by atoms with van der Waals surface area (Å²) in [6, 6.07) is 10.8. The second-order valence-electron chi connectivity index (χ2n) is 6.48. The van der Waals surface area contributed by atoms with Gasteiger partial charge in [-0.25, -0.2) is 0 Å². The number of morpholine rings is 1. The molecule has 1 N–H and O–H groups in total. The van der Waals surface area contributed by atoms with Crippen LogP contribution in [0.1, 0.15) is 18.9 Å². The molecule has 2 aliphatic rings. The van der Waals surface area contributed by atoms with Crippen molar-refractivity contribution >= 4 is 5.57 Å². The minimum atomic E-state index is -0.258. The van der Waals surface area contributed by atoms with E-state index in [4.69, 9.17) is 4.74 Å². The molecule has 0 bridgehead atoms. The molecule has 0 radical (unpaired) electrons. The van der Waals surface area contributed by atoms with Crippen LogP contribution in [0, 0.1) is 0 Å². The standard InChI is InChI=1S/C19H28N2O2/c1-2-6-17(16-7-4-3-5-8-16)13-20-14-18(19(22)15-20)21-9-11-23-12-10-21/h3-8,18-19,22H,2,9-15H2,1H3/t18-,19-/m0/s1. The number of nitrogens with zero attached hydrogens (tertiary/aromatic N) is 2. The van der Waals surface area contributed by atoms with Gasteiger partial charge in [-0.05, 0) is 17.6 Å². The van der Waals surface area contributed by atoms with Gasteiger partial charge in [-0.2, -0.15) is 0 Å². The smallest absolute Gasteiger partial charge is 0.0834 e. The Morgan fingerprint density at radius 1 is 1.22 bits per heavy atom. The SMILES string of the molecule is CCC=C(CN1C[C@H](O)[C@@H](N2CCOCC2)C1)c1ccccc1. The Hall–Kier alpha value is -1.20. The third-order valence-electron chi connectivity index (χ3n) is 4.84. The Balaban J connectivity index is 1.64. The van der Waals surface area contributed by atoms with Crippen molar-refractivity contribution in [1.29, 1.82) is 0 Å². The molecule has 0 spiro atoms. The lowest BCUT2D eigenvalue weighted by Crippen LogP contribution is -2.48. The average Bonchev–Trinajstić information content (AvgIpc) is 2.96. The van der Waals surface area contributed by atoms with Crippen LogP contribution in [0.3, 0.4) is 0 Å². The highest BCUT2D eigenvalue weighted by Gasteiger charge is 2.36. The van der Waals surface area contributed by atoms with Gasteiger partial charge >= 0.3 is 0 Å². The highest BCUT2D eigenvalue weighted by Crippen LogP contribution is 2.22. The largest absolute Gasteiger partial charge is 0.390 e. The van der Waals surface area contributed by atoms with Crippen LogP contribution in [0.15, 0.2) is 36.4 Å². The first-order chi connectivity index (χ1) is 11.3. The van der Waals surface area contributed by atoms with Crippen molar-refractivity contribution in [3.63, 3.8) is 0 Å². The topological polar surface area (TPSA) is 35.9 Å². The second-order valence-corrected chi connectivity index (χ2v) is 6.48. The first-order valence-electron chi connectivity index (χ1n) is 8.74. The Morgan fingerprint density at radius 2 is 1.96 bits per heavy atom. The van der Waals surface area contributed by atoms with Crippen LogP contribution in [-0.4, -0.2) is 73.0 Å². The monoisotopic (exact) mass is 316 g/mol. The fraction of sp³-hybridized carbons (Fsp3) is 0.579. The van der Waals surface area contributed by atoms with Gasteiger partial charge < -0.3 is 9.84 Å². The maximum atomic E-state index is 10.5. The number of hydrogen-bond acceptors (Lipinski definition) is 4. The van der Waals surface area contributed by atoms with E-state index in [0.717, 1.165) is 52.4 Å². The van der Waals surface area contributed by atoms with Crippen LogP contribution in [0.5, 0.6) is 0 Å². The molecular formula is C19H28N2O2. The average molecular weight is 316 g/mol. The molecule has 1 aromatic rings. The predicted octanol–water partition coefficient (Wildman–Crippen LogP) is 1.86. The summed E-state index contributed by atoms with van der Waals surface area (Å²) < 4.78 is 5.43. The summed E-state index contributed by atoms with van der Waals surface area (Å²) in [7, 11) is 0. The number of aliphatic hydroxyl groups is 1. The van der Waals surface area contributed by atoms with E-state index in [0.29, 0.717) is 0 Å². The maximum Gasteiger partial charge on any atom is 0.0834 e. The van der Waals surface area contributed by atoms with Crippen LogP contribution in [-0.2, 0) is 4.74 Å². The van der Waals surface area contributed by atoms with Gasteiger partial charge in [-0.3, -0.25) is 9.80 Å². The molecule has 3 rings (SSSR count). The molecule has 2 heterocycles. The number of rotatable bonds is 5. The van der Waals surface area contributed by atoms with Crippen molar-refractivity contribution in [3.8, 4) is 0 Å². The molecule has 0 unspecified atom stereocenters. The molecule has 2 saturated heterocycles. The van der Waals surface area contributed by atoms with Gasteiger partial charge in [-0.15, -0.1) is 0 Å². The van der Waals surface area contributed by atoms with E-state index in [9.17, 15) is 5.11 Å². The predicted molar refractivity (Wildman–Crippen MR) is 93.3 cm³/mol. The molecule has 2 fully saturated rings. The number of hydrogen-bond donors (Lipinski definition) is 1. The van der Waals surface area contributed by atoms with Gasteiger partial charge in [0, 0.05) is 38.8 Å². The number of β-amino-alcohol motifs (C(OH)–C–C–N with tert-alkyl or cyclic N) is 1. The van der Waals surface area contributed by atoms with E-state index in [2.05, 4.69) is 53.1 Å². The molecule has 0 amide bonds. The zero-order chi connectivity index (χ0) is 16.1. The van der Waals surface area contributed by atoms with E-state index < -0.39 is 0 Å². The minimum absolute atomic E-state index is 0.248. The molecular weight excluding hydrogens is 288 g/mol. The zero-order valence-corrected chi connectivity index (χ0v) is 14.0. The molecule has 126 valence electrons. The van der Waals surface area contributed by atoms with Crippen molar-refractivity contribution in [2.45, 2.75) is 25.5 Å². The summed E-state index contributed by atoms with van der Waals surface area (Å²) in [4.78, 5) is 4.78. The van der Waals surface area contributed by atoms with Gasteiger partial charge in [0.25, 0.3) is 0 Å². The Morgan fingerprint density at radius 3 is 2.65 bits per heavy atom. The number of allylic oxidation sites excluding steroid dienone is 1.